The normalized spacial score (nSPS) is 30.7. The van der Waals surface area contributed by atoms with E-state index in [0.29, 0.717) is 30.6 Å². The summed E-state index contributed by atoms with van der Waals surface area (Å²) in [6.07, 6.45) is 6.33. The van der Waals surface area contributed by atoms with Crippen molar-refractivity contribution in [2.75, 3.05) is 13.2 Å². The van der Waals surface area contributed by atoms with Gasteiger partial charge in [-0.15, -0.1) is 0 Å². The minimum atomic E-state index is -1.24. The molecule has 0 N–H and O–H groups in total. The average molecular weight is 384 g/mol. The largest absolute Gasteiger partial charge is 0.348 e. The van der Waals surface area contributed by atoms with Gasteiger partial charge in [0, 0.05) is 11.5 Å². The average Bonchev–Trinajstić information content (AvgIpc) is 2.69. The van der Waals surface area contributed by atoms with Crippen LogP contribution in [-0.4, -0.2) is 25.7 Å². The molecule has 1 unspecified atom stereocenters. The smallest absolute Gasteiger partial charge is 0.183 e. The molecule has 1 saturated heterocycles. The molecule has 2 fully saturated rings. The number of hydrogen-bond donors (Lipinski definition) is 0. The molecule has 1 saturated carbocycles. The predicted molar refractivity (Wildman–Crippen MR) is 104 cm³/mol. The molecule has 5 heteroatoms. The number of halogens is 2. The first-order valence-electron chi connectivity index (χ1n) is 10.4. The number of rotatable bonds is 6. The van der Waals surface area contributed by atoms with Crippen LogP contribution >= 0.6 is 0 Å². The molecule has 154 valence electrons. The summed E-state index contributed by atoms with van der Waals surface area (Å²) in [6, 6.07) is 1.74. The lowest BCUT2D eigenvalue weighted by molar-refractivity contribution is -0.189. The standard InChI is InChI=1S/C20H29F2NO2.C2H6/c1-3-15-4-6-16(7-5-15)18-12-24-20(25-13-18)17(10-14(2)21)11-19(22)8-9-23;1-2/h10-11,14-16,18,20H,3-8,12-13H2,1-2H3;1-2H3/b17-10+,19-11+;. The monoisotopic (exact) mass is 383 g/mol. The summed E-state index contributed by atoms with van der Waals surface area (Å²) in [5.74, 6) is 1.21. The molecule has 1 atom stereocenters. The molecule has 27 heavy (non-hydrogen) atoms. The first-order chi connectivity index (χ1) is 13.0. The van der Waals surface area contributed by atoms with Gasteiger partial charge in [-0.05, 0) is 43.8 Å². The van der Waals surface area contributed by atoms with Gasteiger partial charge in [-0.3, -0.25) is 0 Å². The van der Waals surface area contributed by atoms with Crippen LogP contribution in [0.2, 0.25) is 0 Å². The molecule has 3 nitrogen and oxygen atoms in total. The first-order valence-corrected chi connectivity index (χ1v) is 10.4. The van der Waals surface area contributed by atoms with E-state index in [0.717, 1.165) is 12.0 Å². The number of ether oxygens (including phenoxy) is 2. The number of hydrogen-bond acceptors (Lipinski definition) is 3. The Morgan fingerprint density at radius 3 is 2.22 bits per heavy atom. The SMILES string of the molecule is CC.CCC1CCC(C2COC(C(/C=C(/F)CC#N)=C/C(C)F)OC2)CC1. The van der Waals surface area contributed by atoms with Crippen molar-refractivity contribution in [1.29, 1.82) is 5.26 Å². The molecule has 0 amide bonds. The summed E-state index contributed by atoms with van der Waals surface area (Å²) >= 11 is 0. The van der Waals surface area contributed by atoms with E-state index < -0.39 is 18.3 Å². The molecule has 1 aliphatic heterocycles. The molecule has 1 aliphatic carbocycles. The van der Waals surface area contributed by atoms with Gasteiger partial charge in [0.1, 0.15) is 12.0 Å². The van der Waals surface area contributed by atoms with Crippen LogP contribution in [0.1, 0.15) is 66.2 Å². The first kappa shape index (κ1) is 23.8. The maximum Gasteiger partial charge on any atom is 0.183 e. The molecular formula is C22H35F2NO2. The van der Waals surface area contributed by atoms with Crippen LogP contribution < -0.4 is 0 Å². The van der Waals surface area contributed by atoms with E-state index in [4.69, 9.17) is 14.7 Å². The van der Waals surface area contributed by atoms with Crippen LogP contribution in [0.15, 0.2) is 23.6 Å². The Morgan fingerprint density at radius 1 is 1.15 bits per heavy atom. The van der Waals surface area contributed by atoms with Crippen molar-refractivity contribution < 1.29 is 18.3 Å². The van der Waals surface area contributed by atoms with Gasteiger partial charge in [0.2, 0.25) is 0 Å². The van der Waals surface area contributed by atoms with Crippen LogP contribution in [0.4, 0.5) is 8.78 Å². The quantitative estimate of drug-likeness (QED) is 0.508. The second-order valence-corrected chi connectivity index (χ2v) is 7.22. The van der Waals surface area contributed by atoms with E-state index in [1.807, 2.05) is 13.8 Å². The van der Waals surface area contributed by atoms with Gasteiger partial charge in [0.15, 0.2) is 6.29 Å². The maximum atomic E-state index is 13.7. The molecule has 1 heterocycles. The highest BCUT2D eigenvalue weighted by Crippen LogP contribution is 2.37. The van der Waals surface area contributed by atoms with Gasteiger partial charge in [-0.1, -0.05) is 40.0 Å². The second-order valence-electron chi connectivity index (χ2n) is 7.22. The van der Waals surface area contributed by atoms with Crippen molar-refractivity contribution in [2.45, 2.75) is 78.7 Å². The Morgan fingerprint density at radius 2 is 1.74 bits per heavy atom. The van der Waals surface area contributed by atoms with Crippen molar-refractivity contribution >= 4 is 0 Å². The summed E-state index contributed by atoms with van der Waals surface area (Å²) < 4.78 is 38.6. The fraction of sp³-hybridized carbons (Fsp3) is 0.773. The zero-order chi connectivity index (χ0) is 20.2. The molecule has 0 aromatic rings. The Kier molecular flexibility index (Phi) is 11.5. The lowest BCUT2D eigenvalue weighted by Gasteiger charge is -2.38. The summed E-state index contributed by atoms with van der Waals surface area (Å²) in [6.45, 7) is 8.73. The third kappa shape index (κ3) is 8.11. The van der Waals surface area contributed by atoms with Gasteiger partial charge in [-0.2, -0.15) is 5.26 Å². The van der Waals surface area contributed by atoms with Crippen LogP contribution in [0.3, 0.4) is 0 Å². The predicted octanol–water partition coefficient (Wildman–Crippen LogP) is 6.27. The summed E-state index contributed by atoms with van der Waals surface area (Å²) in [5.41, 5.74) is 0.316. The zero-order valence-corrected chi connectivity index (χ0v) is 17.2. The Bertz CT molecular complexity index is 509. The van der Waals surface area contributed by atoms with E-state index in [-0.39, 0.29) is 6.42 Å². The second kappa shape index (κ2) is 13.0. The van der Waals surface area contributed by atoms with Crippen molar-refractivity contribution in [1.82, 2.24) is 0 Å². The van der Waals surface area contributed by atoms with Gasteiger partial charge >= 0.3 is 0 Å². The summed E-state index contributed by atoms with van der Waals surface area (Å²) in [4.78, 5) is 0. The van der Waals surface area contributed by atoms with Crippen LogP contribution in [0.25, 0.3) is 0 Å². The van der Waals surface area contributed by atoms with Crippen molar-refractivity contribution in [3.05, 3.63) is 23.6 Å². The molecular weight excluding hydrogens is 348 g/mol. The van der Waals surface area contributed by atoms with Gasteiger partial charge in [0.05, 0.1) is 25.7 Å². The minimum absolute atomic E-state index is 0.316. The van der Waals surface area contributed by atoms with E-state index in [1.165, 1.54) is 45.1 Å². The number of nitrogens with zero attached hydrogens (tertiary/aromatic N) is 1. The van der Waals surface area contributed by atoms with Crippen molar-refractivity contribution in [2.24, 2.45) is 17.8 Å². The number of alkyl halides is 1. The zero-order valence-electron chi connectivity index (χ0n) is 17.2. The third-order valence-corrected chi connectivity index (χ3v) is 5.32. The van der Waals surface area contributed by atoms with Crippen molar-refractivity contribution in [3.8, 4) is 6.07 Å². The van der Waals surface area contributed by atoms with Crippen LogP contribution in [0, 0.1) is 29.1 Å². The molecule has 0 spiro atoms. The van der Waals surface area contributed by atoms with Gasteiger partial charge < -0.3 is 9.47 Å². The molecule has 0 bridgehead atoms. The third-order valence-electron chi connectivity index (χ3n) is 5.32. The molecule has 2 aliphatic rings. The van der Waals surface area contributed by atoms with Gasteiger partial charge in [-0.25, -0.2) is 8.78 Å². The Balaban J connectivity index is 0.00000176. The number of nitriles is 1. The lowest BCUT2D eigenvalue weighted by Crippen LogP contribution is -2.38. The molecule has 0 radical (unpaired) electrons. The van der Waals surface area contributed by atoms with E-state index in [1.54, 1.807) is 6.07 Å². The Labute approximate surface area is 163 Å². The highest BCUT2D eigenvalue weighted by molar-refractivity contribution is 5.26. The fourth-order valence-corrected chi connectivity index (χ4v) is 3.82. The topological polar surface area (TPSA) is 42.2 Å². The number of allylic oxidation sites excluding steroid dienone is 2. The minimum Gasteiger partial charge on any atom is -0.348 e. The fourth-order valence-electron chi connectivity index (χ4n) is 3.82. The van der Waals surface area contributed by atoms with E-state index in [2.05, 4.69) is 6.92 Å². The summed E-state index contributed by atoms with van der Waals surface area (Å²) in [7, 11) is 0. The Hall–Kier alpha value is -1.25. The van der Waals surface area contributed by atoms with E-state index >= 15 is 0 Å². The highest BCUT2D eigenvalue weighted by Gasteiger charge is 2.32. The highest BCUT2D eigenvalue weighted by atomic mass is 19.1. The maximum absolute atomic E-state index is 13.7. The molecule has 0 aromatic carbocycles. The summed E-state index contributed by atoms with van der Waals surface area (Å²) in [5, 5.41) is 8.57. The van der Waals surface area contributed by atoms with Crippen LogP contribution in [-0.2, 0) is 9.47 Å². The molecule has 0 aromatic heterocycles. The van der Waals surface area contributed by atoms with Crippen molar-refractivity contribution in [3.63, 3.8) is 0 Å². The van der Waals surface area contributed by atoms with E-state index in [9.17, 15) is 8.78 Å². The lowest BCUT2D eigenvalue weighted by atomic mass is 9.75. The van der Waals surface area contributed by atoms with Crippen LogP contribution in [0.5, 0.6) is 0 Å². The van der Waals surface area contributed by atoms with Gasteiger partial charge in [0.25, 0.3) is 0 Å². The molecule has 2 rings (SSSR count).